The molecule has 2 saturated heterocycles. The minimum atomic E-state index is -0.625. The second-order valence-electron chi connectivity index (χ2n) is 7.90. The number of rotatable bonds is 0. The SMILES string of the molecule is CC1OC(=O)CCC2CC(CC(=O)OC1C)C(C)C(=O)OC(C)C(C)OC2=O. The molecule has 0 aromatic rings. The second-order valence-corrected chi connectivity index (χ2v) is 7.90. The first-order valence-corrected chi connectivity index (χ1v) is 9.88. The molecule has 2 heterocycles. The molecule has 0 N–H and O–H groups in total. The van der Waals surface area contributed by atoms with E-state index in [4.69, 9.17) is 18.9 Å². The molecule has 8 heteroatoms. The summed E-state index contributed by atoms with van der Waals surface area (Å²) in [5.41, 5.74) is 0. The Morgan fingerprint density at radius 2 is 1.18 bits per heavy atom. The molecule has 158 valence electrons. The summed E-state index contributed by atoms with van der Waals surface area (Å²) in [6.07, 6.45) is -1.99. The molecule has 0 aliphatic carbocycles. The second kappa shape index (κ2) is 9.39. The standard InChI is InChI=1S/C20H30O8/c1-10-16-8-15(20(24)28-14(5)13(4)27-19(10)23)6-7-17(21)25-11(2)12(3)26-18(22)9-16/h10-16H,6-9H2,1-5H3. The van der Waals surface area contributed by atoms with Gasteiger partial charge in [-0.1, -0.05) is 6.92 Å². The summed E-state index contributed by atoms with van der Waals surface area (Å²) in [5, 5.41) is 0. The maximum Gasteiger partial charge on any atom is 0.309 e. The van der Waals surface area contributed by atoms with Crippen molar-refractivity contribution in [3.8, 4) is 0 Å². The van der Waals surface area contributed by atoms with E-state index in [-0.39, 0.29) is 25.7 Å². The predicted octanol–water partition coefficient (Wildman–Crippen LogP) is 2.17. The molecule has 2 bridgehead atoms. The lowest BCUT2D eigenvalue weighted by molar-refractivity contribution is -0.178. The van der Waals surface area contributed by atoms with Crippen molar-refractivity contribution in [2.24, 2.45) is 17.8 Å². The van der Waals surface area contributed by atoms with Crippen LogP contribution in [0.3, 0.4) is 0 Å². The van der Waals surface area contributed by atoms with Gasteiger partial charge in [0.05, 0.1) is 11.8 Å². The van der Waals surface area contributed by atoms with Crippen molar-refractivity contribution >= 4 is 23.9 Å². The van der Waals surface area contributed by atoms with Gasteiger partial charge in [0, 0.05) is 12.8 Å². The van der Waals surface area contributed by atoms with Crippen molar-refractivity contribution in [1.29, 1.82) is 0 Å². The van der Waals surface area contributed by atoms with Crippen LogP contribution in [0, 0.1) is 17.8 Å². The minimum absolute atomic E-state index is 0.0328. The number of carbonyl (C=O) groups excluding carboxylic acids is 4. The maximum atomic E-state index is 12.7. The Morgan fingerprint density at radius 1 is 0.679 bits per heavy atom. The lowest BCUT2D eigenvalue weighted by atomic mass is 9.81. The van der Waals surface area contributed by atoms with E-state index >= 15 is 0 Å². The summed E-state index contributed by atoms with van der Waals surface area (Å²) in [4.78, 5) is 49.7. The predicted molar refractivity (Wildman–Crippen MR) is 96.8 cm³/mol. The first kappa shape index (κ1) is 22.2. The molecule has 0 saturated carbocycles. The molecule has 2 fully saturated rings. The molecular formula is C20H30O8. The van der Waals surface area contributed by atoms with E-state index in [2.05, 4.69) is 0 Å². The highest BCUT2D eigenvalue weighted by Crippen LogP contribution is 2.31. The average molecular weight is 398 g/mol. The highest BCUT2D eigenvalue weighted by atomic mass is 16.6. The van der Waals surface area contributed by atoms with E-state index in [1.165, 1.54) is 0 Å². The molecule has 28 heavy (non-hydrogen) atoms. The van der Waals surface area contributed by atoms with Gasteiger partial charge in [0.15, 0.2) is 0 Å². The summed E-state index contributed by atoms with van der Waals surface area (Å²) >= 11 is 0. The Kier molecular flexibility index (Phi) is 7.43. The highest BCUT2D eigenvalue weighted by molar-refractivity contribution is 5.77. The van der Waals surface area contributed by atoms with E-state index in [0.29, 0.717) is 0 Å². The molecule has 0 radical (unpaired) electrons. The number of fused-ring (bicyclic) bond motifs is 2. The average Bonchev–Trinajstić information content (AvgIpc) is 2.61. The molecule has 0 spiro atoms. The van der Waals surface area contributed by atoms with Gasteiger partial charge >= 0.3 is 23.9 Å². The van der Waals surface area contributed by atoms with Crippen LogP contribution in [0.15, 0.2) is 0 Å². The van der Waals surface area contributed by atoms with Gasteiger partial charge in [0.1, 0.15) is 24.4 Å². The smallest absolute Gasteiger partial charge is 0.309 e. The number of hydrogen-bond donors (Lipinski definition) is 0. The van der Waals surface area contributed by atoms with Gasteiger partial charge < -0.3 is 18.9 Å². The van der Waals surface area contributed by atoms with E-state index in [1.54, 1.807) is 34.6 Å². The normalized spacial score (nSPS) is 38.7. The Labute approximate surface area is 165 Å². The molecule has 2 aliphatic heterocycles. The van der Waals surface area contributed by atoms with Crippen molar-refractivity contribution in [2.45, 2.75) is 84.7 Å². The van der Waals surface area contributed by atoms with Crippen molar-refractivity contribution in [3.05, 3.63) is 0 Å². The van der Waals surface area contributed by atoms with Gasteiger partial charge in [-0.15, -0.1) is 0 Å². The Bertz CT molecular complexity index is 613. The quantitative estimate of drug-likeness (QED) is 0.452. The summed E-state index contributed by atoms with van der Waals surface area (Å²) in [7, 11) is 0. The molecule has 7 unspecified atom stereocenters. The van der Waals surface area contributed by atoms with Gasteiger partial charge in [-0.25, -0.2) is 0 Å². The number of carbonyl (C=O) groups is 4. The van der Waals surface area contributed by atoms with Gasteiger partial charge in [-0.2, -0.15) is 0 Å². The van der Waals surface area contributed by atoms with Crippen molar-refractivity contribution in [2.75, 3.05) is 0 Å². The zero-order chi connectivity index (χ0) is 21.0. The lowest BCUT2D eigenvalue weighted by Crippen LogP contribution is -2.40. The van der Waals surface area contributed by atoms with E-state index in [1.807, 2.05) is 0 Å². The fourth-order valence-corrected chi connectivity index (χ4v) is 3.34. The summed E-state index contributed by atoms with van der Waals surface area (Å²) in [5.74, 6) is -3.57. The van der Waals surface area contributed by atoms with Crippen LogP contribution >= 0.6 is 0 Å². The molecule has 2 rings (SSSR count). The highest BCUT2D eigenvalue weighted by Gasteiger charge is 2.38. The summed E-state index contributed by atoms with van der Waals surface area (Å²) < 4.78 is 21.5. The van der Waals surface area contributed by atoms with Crippen LogP contribution in [0.4, 0.5) is 0 Å². The molecule has 8 nitrogen and oxygen atoms in total. The summed E-state index contributed by atoms with van der Waals surface area (Å²) in [6.45, 7) is 8.29. The molecule has 0 aromatic heterocycles. The Balaban J connectivity index is 2.33. The minimum Gasteiger partial charge on any atom is -0.459 e. The fraction of sp³-hybridized carbons (Fsp3) is 0.800. The third-order valence-corrected chi connectivity index (χ3v) is 5.69. The Hall–Kier alpha value is -2.12. The topological polar surface area (TPSA) is 105 Å². The van der Waals surface area contributed by atoms with Gasteiger partial charge in [0.25, 0.3) is 0 Å². The first-order chi connectivity index (χ1) is 13.1. The van der Waals surface area contributed by atoms with Crippen molar-refractivity contribution in [3.63, 3.8) is 0 Å². The van der Waals surface area contributed by atoms with Crippen LogP contribution in [0.1, 0.15) is 60.3 Å². The molecule has 0 amide bonds. The van der Waals surface area contributed by atoms with Crippen LogP contribution in [0.25, 0.3) is 0 Å². The number of hydrogen-bond acceptors (Lipinski definition) is 8. The molecule has 7 atom stereocenters. The summed E-state index contributed by atoms with van der Waals surface area (Å²) in [6, 6.07) is 0. The van der Waals surface area contributed by atoms with E-state index in [0.717, 1.165) is 0 Å². The number of ether oxygens (including phenoxy) is 4. The van der Waals surface area contributed by atoms with Crippen LogP contribution in [-0.2, 0) is 38.1 Å². The first-order valence-electron chi connectivity index (χ1n) is 9.88. The third kappa shape index (κ3) is 5.69. The van der Waals surface area contributed by atoms with Gasteiger partial charge in [-0.05, 0) is 46.5 Å². The van der Waals surface area contributed by atoms with Gasteiger partial charge in [-0.3, -0.25) is 19.2 Å². The maximum absolute atomic E-state index is 12.7. The number of cyclic esters (lactones) is 4. The van der Waals surface area contributed by atoms with Crippen molar-refractivity contribution < 1.29 is 38.1 Å². The molecule has 2 aliphatic rings. The van der Waals surface area contributed by atoms with E-state index in [9.17, 15) is 19.2 Å². The third-order valence-electron chi connectivity index (χ3n) is 5.69. The Morgan fingerprint density at radius 3 is 1.79 bits per heavy atom. The zero-order valence-electron chi connectivity index (χ0n) is 17.1. The van der Waals surface area contributed by atoms with Crippen LogP contribution in [0.5, 0.6) is 0 Å². The van der Waals surface area contributed by atoms with Crippen LogP contribution in [0.2, 0.25) is 0 Å². The molecular weight excluding hydrogens is 368 g/mol. The zero-order valence-corrected chi connectivity index (χ0v) is 17.1. The largest absolute Gasteiger partial charge is 0.459 e. The lowest BCUT2D eigenvalue weighted by Gasteiger charge is -2.32. The number of esters is 4. The fourth-order valence-electron chi connectivity index (χ4n) is 3.34. The van der Waals surface area contributed by atoms with E-state index < -0.39 is 66.0 Å². The van der Waals surface area contributed by atoms with Crippen LogP contribution in [-0.4, -0.2) is 48.3 Å². The van der Waals surface area contributed by atoms with Crippen molar-refractivity contribution in [1.82, 2.24) is 0 Å². The monoisotopic (exact) mass is 398 g/mol. The van der Waals surface area contributed by atoms with Crippen LogP contribution < -0.4 is 0 Å². The molecule has 0 aromatic carbocycles. The van der Waals surface area contributed by atoms with Gasteiger partial charge in [0.2, 0.25) is 0 Å².